The van der Waals surface area contributed by atoms with E-state index in [0.29, 0.717) is 11.3 Å². The number of fused-ring (bicyclic) bond motifs is 1. The summed E-state index contributed by atoms with van der Waals surface area (Å²) >= 11 is 0. The Kier molecular flexibility index (Phi) is 6.57. The number of rotatable bonds is 8. The number of carbonyl (C=O) groups excluding carboxylic acids is 1. The normalized spacial score (nSPS) is 14.3. The van der Waals surface area contributed by atoms with Crippen LogP contribution in [0.3, 0.4) is 0 Å². The van der Waals surface area contributed by atoms with Gasteiger partial charge in [-0.25, -0.2) is 0 Å². The molecular formula is C27H30N4O. The van der Waals surface area contributed by atoms with E-state index < -0.39 is 0 Å². The van der Waals surface area contributed by atoms with Crippen LogP contribution in [0.5, 0.6) is 0 Å². The number of hydrogen-bond acceptors (Lipinski definition) is 4. The molecule has 4 N–H and O–H groups in total. The number of nitrogens with two attached hydrogens (primary N) is 1. The predicted molar refractivity (Wildman–Crippen MR) is 134 cm³/mol. The minimum Gasteiger partial charge on any atom is -0.399 e. The second kappa shape index (κ2) is 9.71. The average Bonchev–Trinajstić information content (AvgIpc) is 3.14. The van der Waals surface area contributed by atoms with Crippen molar-refractivity contribution in [3.8, 4) is 0 Å². The first-order valence-corrected chi connectivity index (χ1v) is 11.2. The summed E-state index contributed by atoms with van der Waals surface area (Å²) in [4.78, 5) is 15.4. The van der Waals surface area contributed by atoms with Gasteiger partial charge in [0.2, 0.25) is 0 Å². The van der Waals surface area contributed by atoms with Gasteiger partial charge in [-0.05, 0) is 61.0 Å². The predicted octanol–water partition coefficient (Wildman–Crippen LogP) is 5.09. The molecule has 0 bridgehead atoms. The van der Waals surface area contributed by atoms with E-state index in [1.54, 1.807) is 6.07 Å². The summed E-state index contributed by atoms with van der Waals surface area (Å²) in [5.41, 5.74) is 12.8. The maximum atomic E-state index is 13.0. The maximum absolute atomic E-state index is 13.0. The number of carbonyl (C=O) groups is 1. The summed E-state index contributed by atoms with van der Waals surface area (Å²) in [5.74, 6) is -0.132. The van der Waals surface area contributed by atoms with E-state index in [1.165, 1.54) is 5.56 Å². The molecule has 0 fully saturated rings. The van der Waals surface area contributed by atoms with E-state index in [9.17, 15) is 4.79 Å². The van der Waals surface area contributed by atoms with E-state index in [1.807, 2.05) is 42.5 Å². The van der Waals surface area contributed by atoms with E-state index in [-0.39, 0.29) is 5.91 Å². The smallest absolute Gasteiger partial charge is 0.258 e. The lowest BCUT2D eigenvalue weighted by Crippen LogP contribution is -2.25. The van der Waals surface area contributed by atoms with Crippen molar-refractivity contribution in [3.63, 3.8) is 0 Å². The van der Waals surface area contributed by atoms with Crippen LogP contribution in [0.25, 0.3) is 11.3 Å². The first-order chi connectivity index (χ1) is 15.6. The van der Waals surface area contributed by atoms with Crippen molar-refractivity contribution in [2.24, 2.45) is 0 Å². The van der Waals surface area contributed by atoms with Crippen molar-refractivity contribution in [2.45, 2.75) is 20.3 Å². The molecule has 4 rings (SSSR count). The summed E-state index contributed by atoms with van der Waals surface area (Å²) in [6.07, 6.45) is 1.02. The van der Waals surface area contributed by atoms with Gasteiger partial charge in [0.05, 0.1) is 11.3 Å². The van der Waals surface area contributed by atoms with Gasteiger partial charge in [0, 0.05) is 29.2 Å². The van der Waals surface area contributed by atoms with Gasteiger partial charge in [-0.1, -0.05) is 56.3 Å². The third kappa shape index (κ3) is 4.68. The quantitative estimate of drug-likeness (QED) is 0.347. The molecule has 0 atom stereocenters. The van der Waals surface area contributed by atoms with Gasteiger partial charge in [-0.3, -0.25) is 4.79 Å². The summed E-state index contributed by atoms with van der Waals surface area (Å²) in [5, 5.41) is 6.47. The minimum atomic E-state index is -0.132. The highest BCUT2D eigenvalue weighted by molar-refractivity contribution is 6.37. The molecule has 3 aromatic carbocycles. The Labute approximate surface area is 189 Å². The van der Waals surface area contributed by atoms with E-state index in [4.69, 9.17) is 5.73 Å². The molecule has 0 radical (unpaired) electrons. The molecule has 0 spiro atoms. The van der Waals surface area contributed by atoms with Crippen LogP contribution in [0, 0.1) is 0 Å². The lowest BCUT2D eigenvalue weighted by atomic mass is 9.99. The van der Waals surface area contributed by atoms with Crippen molar-refractivity contribution in [1.82, 2.24) is 4.90 Å². The average molecular weight is 427 g/mol. The van der Waals surface area contributed by atoms with Gasteiger partial charge in [0.1, 0.15) is 0 Å². The lowest BCUT2D eigenvalue weighted by molar-refractivity contribution is -0.110. The van der Waals surface area contributed by atoms with Crippen molar-refractivity contribution in [1.29, 1.82) is 0 Å². The summed E-state index contributed by atoms with van der Waals surface area (Å²) in [6, 6.07) is 23.9. The van der Waals surface area contributed by atoms with Crippen LogP contribution in [0.1, 0.15) is 30.5 Å². The molecule has 5 heteroatoms. The van der Waals surface area contributed by atoms with Gasteiger partial charge in [-0.2, -0.15) is 0 Å². The third-order valence-electron chi connectivity index (χ3n) is 5.94. The topological polar surface area (TPSA) is 70.4 Å². The second-order valence-electron chi connectivity index (χ2n) is 7.97. The SMILES string of the molecule is CCN(CC)CCc1ccc(N/C(=C2\C(=O)Nc3ccc(N)cc32)c2ccccc2)cc1. The number of likely N-dealkylation sites (N-methyl/N-ethyl adjacent to an activating group) is 1. The van der Waals surface area contributed by atoms with Crippen LogP contribution in [0.2, 0.25) is 0 Å². The minimum absolute atomic E-state index is 0.132. The number of nitrogen functional groups attached to an aromatic ring is 1. The van der Waals surface area contributed by atoms with Gasteiger partial charge < -0.3 is 21.3 Å². The highest BCUT2D eigenvalue weighted by Crippen LogP contribution is 2.38. The molecule has 3 aromatic rings. The molecule has 0 aliphatic carbocycles. The Morgan fingerprint density at radius 3 is 2.38 bits per heavy atom. The molecular weight excluding hydrogens is 396 g/mol. The fourth-order valence-electron chi connectivity index (χ4n) is 4.04. The summed E-state index contributed by atoms with van der Waals surface area (Å²) < 4.78 is 0. The molecule has 0 saturated carbocycles. The molecule has 1 amide bonds. The molecule has 0 unspecified atom stereocenters. The summed E-state index contributed by atoms with van der Waals surface area (Å²) in [7, 11) is 0. The zero-order valence-corrected chi connectivity index (χ0v) is 18.7. The number of hydrogen-bond donors (Lipinski definition) is 3. The maximum Gasteiger partial charge on any atom is 0.258 e. The van der Waals surface area contributed by atoms with Gasteiger partial charge in [-0.15, -0.1) is 0 Å². The second-order valence-corrected chi connectivity index (χ2v) is 7.97. The van der Waals surface area contributed by atoms with Crippen LogP contribution in [0.4, 0.5) is 17.1 Å². The molecule has 1 heterocycles. The van der Waals surface area contributed by atoms with Crippen LogP contribution in [0.15, 0.2) is 72.8 Å². The molecule has 5 nitrogen and oxygen atoms in total. The number of amides is 1. The Morgan fingerprint density at radius 1 is 0.969 bits per heavy atom. The van der Waals surface area contributed by atoms with Gasteiger partial charge in [0.15, 0.2) is 0 Å². The van der Waals surface area contributed by atoms with Gasteiger partial charge in [0.25, 0.3) is 5.91 Å². The van der Waals surface area contributed by atoms with Gasteiger partial charge >= 0.3 is 0 Å². The lowest BCUT2D eigenvalue weighted by Gasteiger charge is -2.18. The Hall–Kier alpha value is -3.57. The Bertz CT molecular complexity index is 1120. The van der Waals surface area contributed by atoms with Crippen LogP contribution in [-0.2, 0) is 11.2 Å². The largest absolute Gasteiger partial charge is 0.399 e. The van der Waals surface area contributed by atoms with Crippen LogP contribution >= 0.6 is 0 Å². The third-order valence-corrected chi connectivity index (χ3v) is 5.94. The number of nitrogens with zero attached hydrogens (tertiary/aromatic N) is 1. The van der Waals surface area contributed by atoms with E-state index in [2.05, 4.69) is 53.6 Å². The van der Waals surface area contributed by atoms with E-state index in [0.717, 1.165) is 54.3 Å². The molecule has 32 heavy (non-hydrogen) atoms. The standard InChI is InChI=1S/C27H30N4O/c1-3-31(4-2)17-16-19-10-13-22(14-11-19)29-26(20-8-6-5-7-9-20)25-23-18-21(28)12-15-24(23)30-27(25)32/h5-15,18,29H,3-4,16-17,28H2,1-2H3,(H,30,32)/b26-25-. The highest BCUT2D eigenvalue weighted by Gasteiger charge is 2.28. The van der Waals surface area contributed by atoms with Crippen molar-refractivity contribution < 1.29 is 4.79 Å². The summed E-state index contributed by atoms with van der Waals surface area (Å²) in [6.45, 7) is 7.58. The Morgan fingerprint density at radius 2 is 1.69 bits per heavy atom. The molecule has 0 saturated heterocycles. The first kappa shape index (κ1) is 21.7. The molecule has 1 aliphatic rings. The van der Waals surface area contributed by atoms with Crippen LogP contribution < -0.4 is 16.4 Å². The zero-order chi connectivity index (χ0) is 22.5. The van der Waals surface area contributed by atoms with Crippen LogP contribution in [-0.4, -0.2) is 30.4 Å². The molecule has 164 valence electrons. The van der Waals surface area contributed by atoms with Crippen molar-refractivity contribution >= 4 is 34.2 Å². The molecule has 0 aromatic heterocycles. The highest BCUT2D eigenvalue weighted by atomic mass is 16.2. The van der Waals surface area contributed by atoms with Crippen molar-refractivity contribution in [3.05, 3.63) is 89.5 Å². The zero-order valence-electron chi connectivity index (χ0n) is 18.7. The number of nitrogens with one attached hydrogen (secondary N) is 2. The first-order valence-electron chi connectivity index (χ1n) is 11.2. The Balaban J connectivity index is 1.66. The fourth-order valence-corrected chi connectivity index (χ4v) is 4.04. The van der Waals surface area contributed by atoms with E-state index >= 15 is 0 Å². The van der Waals surface area contributed by atoms with Crippen molar-refractivity contribution in [2.75, 3.05) is 36.0 Å². The monoisotopic (exact) mass is 426 g/mol. The number of anilines is 3. The number of benzene rings is 3. The fraction of sp³-hybridized carbons (Fsp3) is 0.222. The molecule has 1 aliphatic heterocycles.